The number of aromatic nitrogens is 3. The Morgan fingerprint density at radius 2 is 2.00 bits per heavy atom. The quantitative estimate of drug-likeness (QED) is 0.802. The first-order chi connectivity index (χ1) is 8.84. The third-order valence-corrected chi connectivity index (χ3v) is 3.25. The third-order valence-electron chi connectivity index (χ3n) is 3.25. The fourth-order valence-corrected chi connectivity index (χ4v) is 2.27. The second-order valence-electron chi connectivity index (χ2n) is 4.35. The first-order valence-corrected chi connectivity index (χ1v) is 6.03. The molecule has 6 heteroatoms. The Morgan fingerprint density at radius 1 is 1.28 bits per heavy atom. The van der Waals surface area contributed by atoms with Crippen molar-refractivity contribution in [3.05, 3.63) is 36.5 Å². The van der Waals surface area contributed by atoms with Gasteiger partial charge < -0.3 is 9.32 Å². The lowest BCUT2D eigenvalue weighted by atomic mass is 10.1. The summed E-state index contributed by atoms with van der Waals surface area (Å²) < 4.78 is 5.13. The van der Waals surface area contributed by atoms with Crippen LogP contribution in [0.2, 0.25) is 0 Å². The highest BCUT2D eigenvalue weighted by atomic mass is 16.3. The number of amides is 1. The molecule has 1 aliphatic rings. The lowest BCUT2D eigenvalue weighted by Crippen LogP contribution is -2.39. The molecule has 1 saturated heterocycles. The minimum atomic E-state index is -0.0353. The summed E-state index contributed by atoms with van der Waals surface area (Å²) in [5.41, 5.74) is 0. The molecular formula is C12H14N4O2. The molecule has 3 heterocycles. The van der Waals surface area contributed by atoms with Crippen LogP contribution in [0.15, 0.2) is 35.2 Å². The van der Waals surface area contributed by atoms with E-state index in [1.54, 1.807) is 29.3 Å². The van der Waals surface area contributed by atoms with Gasteiger partial charge in [-0.2, -0.15) is 15.0 Å². The SMILES string of the molecule is O=C(c1ccco1)N1CCC(n2nccn2)CC1. The highest BCUT2D eigenvalue weighted by molar-refractivity contribution is 5.91. The maximum absolute atomic E-state index is 12.0. The second-order valence-corrected chi connectivity index (χ2v) is 4.35. The fourth-order valence-electron chi connectivity index (χ4n) is 2.27. The number of piperidine rings is 1. The van der Waals surface area contributed by atoms with Crippen molar-refractivity contribution in [2.24, 2.45) is 0 Å². The average molecular weight is 246 g/mol. The van der Waals surface area contributed by atoms with Crippen LogP contribution in [0.25, 0.3) is 0 Å². The van der Waals surface area contributed by atoms with E-state index >= 15 is 0 Å². The molecule has 0 unspecified atom stereocenters. The minimum absolute atomic E-state index is 0.0353. The number of furan rings is 1. The molecule has 0 aromatic carbocycles. The summed E-state index contributed by atoms with van der Waals surface area (Å²) >= 11 is 0. The fraction of sp³-hybridized carbons (Fsp3) is 0.417. The monoisotopic (exact) mass is 246 g/mol. The van der Waals surface area contributed by atoms with Crippen LogP contribution < -0.4 is 0 Å². The molecule has 1 fully saturated rings. The Labute approximate surface area is 104 Å². The standard InChI is InChI=1S/C12H14N4O2/c17-12(11-2-1-9-18-11)15-7-3-10(4-8-15)16-13-5-6-14-16/h1-2,5-6,9-10H,3-4,7-8H2. The van der Waals surface area contributed by atoms with Gasteiger partial charge in [0, 0.05) is 13.1 Å². The van der Waals surface area contributed by atoms with Crippen LogP contribution in [0.4, 0.5) is 0 Å². The highest BCUT2D eigenvalue weighted by Crippen LogP contribution is 2.21. The number of hydrogen-bond donors (Lipinski definition) is 0. The van der Waals surface area contributed by atoms with Gasteiger partial charge in [-0.25, -0.2) is 0 Å². The number of nitrogens with zero attached hydrogens (tertiary/aromatic N) is 4. The first-order valence-electron chi connectivity index (χ1n) is 6.03. The van der Waals surface area contributed by atoms with Crippen LogP contribution in [0, 0.1) is 0 Å². The van der Waals surface area contributed by atoms with Crippen molar-refractivity contribution in [3.8, 4) is 0 Å². The number of carbonyl (C=O) groups is 1. The van der Waals surface area contributed by atoms with Gasteiger partial charge in [-0.05, 0) is 25.0 Å². The Hall–Kier alpha value is -2.11. The smallest absolute Gasteiger partial charge is 0.289 e. The van der Waals surface area contributed by atoms with E-state index in [0.29, 0.717) is 24.9 Å². The maximum atomic E-state index is 12.0. The molecule has 2 aromatic rings. The largest absolute Gasteiger partial charge is 0.459 e. The van der Waals surface area contributed by atoms with E-state index in [9.17, 15) is 4.79 Å². The van der Waals surface area contributed by atoms with Crippen LogP contribution in [0.5, 0.6) is 0 Å². The van der Waals surface area contributed by atoms with Crippen molar-refractivity contribution in [2.75, 3.05) is 13.1 Å². The van der Waals surface area contributed by atoms with Gasteiger partial charge in [0.15, 0.2) is 5.76 Å². The Balaban J connectivity index is 1.62. The van der Waals surface area contributed by atoms with Crippen LogP contribution in [-0.2, 0) is 0 Å². The summed E-state index contributed by atoms with van der Waals surface area (Å²) in [5, 5.41) is 8.29. The van der Waals surface area contributed by atoms with E-state index in [-0.39, 0.29) is 5.91 Å². The zero-order valence-electron chi connectivity index (χ0n) is 9.90. The molecule has 0 bridgehead atoms. The number of hydrogen-bond acceptors (Lipinski definition) is 4. The van der Waals surface area contributed by atoms with Crippen molar-refractivity contribution in [1.82, 2.24) is 19.9 Å². The molecule has 18 heavy (non-hydrogen) atoms. The summed E-state index contributed by atoms with van der Waals surface area (Å²) in [6.45, 7) is 1.43. The predicted molar refractivity (Wildman–Crippen MR) is 62.9 cm³/mol. The van der Waals surface area contributed by atoms with Gasteiger partial charge >= 0.3 is 0 Å². The summed E-state index contributed by atoms with van der Waals surface area (Å²) in [4.78, 5) is 15.6. The maximum Gasteiger partial charge on any atom is 0.289 e. The van der Waals surface area contributed by atoms with E-state index in [0.717, 1.165) is 12.8 Å². The molecule has 0 spiro atoms. The molecular weight excluding hydrogens is 232 g/mol. The molecule has 0 aliphatic carbocycles. The van der Waals surface area contributed by atoms with Gasteiger partial charge in [-0.1, -0.05) is 0 Å². The van der Waals surface area contributed by atoms with Gasteiger partial charge in [0.05, 0.1) is 24.7 Å². The van der Waals surface area contributed by atoms with Crippen molar-refractivity contribution >= 4 is 5.91 Å². The topological polar surface area (TPSA) is 64.2 Å². The van der Waals surface area contributed by atoms with Gasteiger partial charge in [0.1, 0.15) is 0 Å². The zero-order chi connectivity index (χ0) is 12.4. The summed E-state index contributed by atoms with van der Waals surface area (Å²) in [5.74, 6) is 0.373. The molecule has 3 rings (SSSR count). The predicted octanol–water partition coefficient (Wildman–Crippen LogP) is 1.35. The van der Waals surface area contributed by atoms with Crippen LogP contribution in [-0.4, -0.2) is 38.9 Å². The van der Waals surface area contributed by atoms with Crippen molar-refractivity contribution in [2.45, 2.75) is 18.9 Å². The van der Waals surface area contributed by atoms with E-state index in [1.807, 2.05) is 4.90 Å². The summed E-state index contributed by atoms with van der Waals surface area (Å²) in [6, 6.07) is 3.72. The number of carbonyl (C=O) groups excluding carboxylic acids is 1. The van der Waals surface area contributed by atoms with Gasteiger partial charge in [0.25, 0.3) is 5.91 Å². The van der Waals surface area contributed by atoms with Gasteiger partial charge in [-0.15, -0.1) is 0 Å². The van der Waals surface area contributed by atoms with E-state index in [4.69, 9.17) is 4.42 Å². The van der Waals surface area contributed by atoms with Crippen LogP contribution in [0.3, 0.4) is 0 Å². The second kappa shape index (κ2) is 4.64. The molecule has 0 atom stereocenters. The van der Waals surface area contributed by atoms with Crippen LogP contribution >= 0.6 is 0 Å². The number of likely N-dealkylation sites (tertiary alicyclic amines) is 1. The van der Waals surface area contributed by atoms with E-state index in [1.165, 1.54) is 6.26 Å². The molecule has 94 valence electrons. The van der Waals surface area contributed by atoms with Crippen molar-refractivity contribution in [3.63, 3.8) is 0 Å². The zero-order valence-corrected chi connectivity index (χ0v) is 9.90. The van der Waals surface area contributed by atoms with E-state index < -0.39 is 0 Å². The Bertz CT molecular complexity index is 498. The van der Waals surface area contributed by atoms with Gasteiger partial charge in [0.2, 0.25) is 0 Å². The normalized spacial score (nSPS) is 17.0. The van der Waals surface area contributed by atoms with Gasteiger partial charge in [-0.3, -0.25) is 4.79 Å². The Kier molecular flexibility index (Phi) is 2.84. The number of rotatable bonds is 2. The highest BCUT2D eigenvalue weighted by Gasteiger charge is 2.26. The molecule has 0 saturated carbocycles. The van der Waals surface area contributed by atoms with Crippen LogP contribution in [0.1, 0.15) is 29.4 Å². The van der Waals surface area contributed by atoms with E-state index in [2.05, 4.69) is 10.2 Å². The summed E-state index contributed by atoms with van der Waals surface area (Å²) in [7, 11) is 0. The molecule has 6 nitrogen and oxygen atoms in total. The van der Waals surface area contributed by atoms with Crippen molar-refractivity contribution < 1.29 is 9.21 Å². The lowest BCUT2D eigenvalue weighted by molar-refractivity contribution is 0.0652. The first kappa shape index (κ1) is 11.0. The molecule has 0 N–H and O–H groups in total. The summed E-state index contributed by atoms with van der Waals surface area (Å²) in [6.07, 6.45) is 6.64. The molecule has 0 radical (unpaired) electrons. The Morgan fingerprint density at radius 3 is 2.61 bits per heavy atom. The lowest BCUT2D eigenvalue weighted by Gasteiger charge is -2.30. The minimum Gasteiger partial charge on any atom is -0.459 e. The molecule has 1 amide bonds. The average Bonchev–Trinajstić information content (AvgIpc) is 3.11. The van der Waals surface area contributed by atoms with Crippen molar-refractivity contribution in [1.29, 1.82) is 0 Å². The molecule has 1 aliphatic heterocycles. The molecule has 2 aromatic heterocycles. The third kappa shape index (κ3) is 2.01.